The second kappa shape index (κ2) is 2.83. The molecule has 0 amide bonds. The third-order valence-electron chi connectivity index (χ3n) is 3.07. The summed E-state index contributed by atoms with van der Waals surface area (Å²) < 4.78 is 0. The Kier molecular flexibility index (Phi) is 1.60. The van der Waals surface area contributed by atoms with Gasteiger partial charge in [-0.3, -0.25) is 4.79 Å². The van der Waals surface area contributed by atoms with Crippen LogP contribution in [0.4, 0.5) is 0 Å². The second-order valence-corrected chi connectivity index (χ2v) is 3.90. The van der Waals surface area contributed by atoms with Crippen molar-refractivity contribution in [1.29, 1.82) is 0 Å². The lowest BCUT2D eigenvalue weighted by Crippen LogP contribution is -1.99. The smallest absolute Gasteiger partial charge is 0.307 e. The predicted molar refractivity (Wildman–Crippen MR) is 58.2 cm³/mol. The minimum Gasteiger partial charge on any atom is -0.481 e. The Morgan fingerprint density at radius 3 is 2.60 bits per heavy atom. The van der Waals surface area contributed by atoms with Gasteiger partial charge in [-0.25, -0.2) is 0 Å². The van der Waals surface area contributed by atoms with E-state index >= 15 is 0 Å². The lowest BCUT2D eigenvalue weighted by atomic mass is 9.90. The van der Waals surface area contributed by atoms with Crippen LogP contribution in [-0.4, -0.2) is 11.1 Å². The van der Waals surface area contributed by atoms with Crippen molar-refractivity contribution in [3.05, 3.63) is 47.0 Å². The van der Waals surface area contributed by atoms with Crippen molar-refractivity contribution < 1.29 is 9.90 Å². The first kappa shape index (κ1) is 8.48. The fourth-order valence-corrected chi connectivity index (χ4v) is 2.36. The number of carbonyl (C=O) groups is 1. The summed E-state index contributed by atoms with van der Waals surface area (Å²) in [6, 6.07) is 8.04. The van der Waals surface area contributed by atoms with E-state index in [1.807, 2.05) is 18.2 Å². The number of carboxylic acids is 1. The van der Waals surface area contributed by atoms with Gasteiger partial charge in [0.25, 0.3) is 0 Å². The minimum atomic E-state index is -0.750. The number of aliphatic carboxylic acids is 1. The zero-order valence-electron chi connectivity index (χ0n) is 8.16. The number of carboxylic acid groups (broad SMARTS) is 1. The van der Waals surface area contributed by atoms with Gasteiger partial charge in [0, 0.05) is 0 Å². The lowest BCUT2D eigenvalue weighted by molar-refractivity contribution is -0.135. The Bertz CT molecular complexity index is 521. The maximum Gasteiger partial charge on any atom is 0.307 e. The summed E-state index contributed by atoms with van der Waals surface area (Å²) in [6.45, 7) is 0. The van der Waals surface area contributed by atoms with Gasteiger partial charge < -0.3 is 5.11 Å². The molecule has 0 radical (unpaired) electrons. The first-order valence-corrected chi connectivity index (χ1v) is 5.01. The molecule has 1 N–H and O–H groups in total. The van der Waals surface area contributed by atoms with Crippen molar-refractivity contribution in [3.63, 3.8) is 0 Å². The van der Waals surface area contributed by atoms with Crippen LogP contribution >= 0.6 is 0 Å². The van der Waals surface area contributed by atoms with Gasteiger partial charge in [-0.1, -0.05) is 30.3 Å². The highest BCUT2D eigenvalue weighted by Crippen LogP contribution is 2.49. The first-order chi connectivity index (χ1) is 7.27. The van der Waals surface area contributed by atoms with Crippen LogP contribution in [0.2, 0.25) is 0 Å². The molecular weight excluding hydrogens is 188 g/mol. The van der Waals surface area contributed by atoms with Crippen LogP contribution in [0.3, 0.4) is 0 Å². The molecule has 0 fully saturated rings. The second-order valence-electron chi connectivity index (χ2n) is 3.90. The zero-order chi connectivity index (χ0) is 10.4. The molecule has 0 heterocycles. The molecule has 15 heavy (non-hydrogen) atoms. The SMILES string of the molecule is O=C(O)CC1=C2CC=C2c2ccccc21. The van der Waals surface area contributed by atoms with Gasteiger partial charge in [0.1, 0.15) is 0 Å². The lowest BCUT2D eigenvalue weighted by Gasteiger charge is -2.14. The van der Waals surface area contributed by atoms with Gasteiger partial charge in [-0.15, -0.1) is 0 Å². The van der Waals surface area contributed by atoms with Crippen LogP contribution < -0.4 is 0 Å². The van der Waals surface area contributed by atoms with Gasteiger partial charge in [-0.05, 0) is 34.3 Å². The van der Waals surface area contributed by atoms with Crippen LogP contribution in [0, 0.1) is 0 Å². The Hall–Kier alpha value is -1.83. The van der Waals surface area contributed by atoms with Crippen LogP contribution in [-0.2, 0) is 4.79 Å². The molecule has 1 aromatic rings. The monoisotopic (exact) mass is 198 g/mol. The van der Waals surface area contributed by atoms with Crippen LogP contribution in [0.25, 0.3) is 11.1 Å². The van der Waals surface area contributed by atoms with E-state index in [4.69, 9.17) is 5.11 Å². The third-order valence-corrected chi connectivity index (χ3v) is 3.07. The number of benzene rings is 1. The minimum absolute atomic E-state index is 0.143. The first-order valence-electron chi connectivity index (χ1n) is 5.01. The molecule has 0 saturated carbocycles. The number of fused-ring (bicyclic) bond motifs is 3. The fourth-order valence-electron chi connectivity index (χ4n) is 2.36. The normalized spacial score (nSPS) is 16.7. The Labute approximate surface area is 87.6 Å². The summed E-state index contributed by atoms with van der Waals surface area (Å²) in [5, 5.41) is 8.87. The summed E-state index contributed by atoms with van der Waals surface area (Å²) in [4.78, 5) is 10.8. The highest BCUT2D eigenvalue weighted by atomic mass is 16.4. The fraction of sp³-hybridized carbons (Fsp3) is 0.154. The van der Waals surface area contributed by atoms with Gasteiger partial charge in [0.05, 0.1) is 6.42 Å². The number of hydrogen-bond donors (Lipinski definition) is 1. The number of allylic oxidation sites excluding steroid dienone is 3. The summed E-state index contributed by atoms with van der Waals surface area (Å²) in [5.74, 6) is -0.750. The molecule has 3 rings (SSSR count). The van der Waals surface area contributed by atoms with E-state index in [2.05, 4.69) is 12.1 Å². The van der Waals surface area contributed by atoms with Crippen molar-refractivity contribution in [2.75, 3.05) is 0 Å². The van der Waals surface area contributed by atoms with E-state index in [9.17, 15) is 4.79 Å². The van der Waals surface area contributed by atoms with Gasteiger partial charge in [-0.2, -0.15) is 0 Å². The maximum atomic E-state index is 10.8. The Morgan fingerprint density at radius 1 is 1.27 bits per heavy atom. The van der Waals surface area contributed by atoms with E-state index in [-0.39, 0.29) is 6.42 Å². The summed E-state index contributed by atoms with van der Waals surface area (Å²) >= 11 is 0. The summed E-state index contributed by atoms with van der Waals surface area (Å²) in [5.41, 5.74) is 5.81. The molecule has 0 aliphatic heterocycles. The summed E-state index contributed by atoms with van der Waals surface area (Å²) in [7, 11) is 0. The average molecular weight is 198 g/mol. The largest absolute Gasteiger partial charge is 0.481 e. The van der Waals surface area contributed by atoms with Gasteiger partial charge >= 0.3 is 5.97 Å². The van der Waals surface area contributed by atoms with Crippen molar-refractivity contribution >= 4 is 17.1 Å². The van der Waals surface area contributed by atoms with E-state index < -0.39 is 5.97 Å². The highest BCUT2D eigenvalue weighted by Gasteiger charge is 2.30. The molecule has 2 nitrogen and oxygen atoms in total. The molecule has 2 heteroatoms. The average Bonchev–Trinajstić information content (AvgIpc) is 2.34. The zero-order valence-corrected chi connectivity index (χ0v) is 8.16. The van der Waals surface area contributed by atoms with Crippen molar-refractivity contribution in [3.8, 4) is 0 Å². The molecule has 0 unspecified atom stereocenters. The molecule has 0 atom stereocenters. The maximum absolute atomic E-state index is 10.8. The molecule has 74 valence electrons. The topological polar surface area (TPSA) is 37.3 Å². The molecule has 1 aromatic carbocycles. The molecule has 0 spiro atoms. The van der Waals surface area contributed by atoms with Crippen LogP contribution in [0.1, 0.15) is 24.0 Å². The molecule has 0 bridgehead atoms. The van der Waals surface area contributed by atoms with Crippen LogP contribution in [0.5, 0.6) is 0 Å². The standard InChI is InChI=1S/C13H10O2/c14-13(15)7-12-9-4-2-1-3-8(9)10-5-6-11(10)12/h1-5H,6-7H2,(H,14,15). The van der Waals surface area contributed by atoms with E-state index in [0.717, 1.165) is 17.6 Å². The predicted octanol–water partition coefficient (Wildman–Crippen LogP) is 2.72. The van der Waals surface area contributed by atoms with Gasteiger partial charge in [0.2, 0.25) is 0 Å². The number of hydrogen-bond acceptors (Lipinski definition) is 1. The molecule has 0 saturated heterocycles. The van der Waals surface area contributed by atoms with Crippen molar-refractivity contribution in [2.24, 2.45) is 0 Å². The quantitative estimate of drug-likeness (QED) is 0.793. The van der Waals surface area contributed by atoms with Crippen molar-refractivity contribution in [1.82, 2.24) is 0 Å². The molecule has 2 aliphatic rings. The highest BCUT2D eigenvalue weighted by molar-refractivity contribution is 6.06. The molecular formula is C13H10O2. The number of rotatable bonds is 2. The molecule has 0 aromatic heterocycles. The van der Waals surface area contributed by atoms with E-state index in [1.165, 1.54) is 16.7 Å². The Morgan fingerprint density at radius 2 is 2.00 bits per heavy atom. The van der Waals surface area contributed by atoms with Crippen molar-refractivity contribution in [2.45, 2.75) is 12.8 Å². The van der Waals surface area contributed by atoms with Crippen LogP contribution in [0.15, 0.2) is 35.9 Å². The Balaban J connectivity index is 2.16. The summed E-state index contributed by atoms with van der Waals surface area (Å²) in [6.07, 6.45) is 3.24. The third kappa shape index (κ3) is 1.08. The van der Waals surface area contributed by atoms with Gasteiger partial charge in [0.15, 0.2) is 0 Å². The molecule has 2 aliphatic carbocycles. The van der Waals surface area contributed by atoms with E-state index in [0.29, 0.717) is 0 Å². The van der Waals surface area contributed by atoms with E-state index in [1.54, 1.807) is 0 Å².